The maximum atomic E-state index is 12.7. The van der Waals surface area contributed by atoms with Gasteiger partial charge in [-0.2, -0.15) is 13.2 Å². The van der Waals surface area contributed by atoms with Crippen molar-refractivity contribution in [3.8, 4) is 0 Å². The summed E-state index contributed by atoms with van der Waals surface area (Å²) < 4.78 is 38.2. The van der Waals surface area contributed by atoms with Crippen molar-refractivity contribution in [3.63, 3.8) is 0 Å². The topological polar surface area (TPSA) is 23.5 Å². The van der Waals surface area contributed by atoms with Crippen LogP contribution in [0.15, 0.2) is 18.2 Å². The van der Waals surface area contributed by atoms with Crippen molar-refractivity contribution in [1.82, 2.24) is 0 Å². The second kappa shape index (κ2) is 4.80. The molecule has 1 aliphatic heterocycles. The Labute approximate surface area is 104 Å². The van der Waals surface area contributed by atoms with Crippen molar-refractivity contribution in [2.24, 2.45) is 0 Å². The summed E-state index contributed by atoms with van der Waals surface area (Å²) >= 11 is 0. The molecule has 18 heavy (non-hydrogen) atoms. The lowest BCUT2D eigenvalue weighted by Gasteiger charge is -2.32. The van der Waals surface area contributed by atoms with Gasteiger partial charge in [0.2, 0.25) is 0 Å². The van der Waals surface area contributed by atoms with Crippen LogP contribution in [0.1, 0.15) is 24.0 Å². The summed E-state index contributed by atoms with van der Waals surface area (Å²) in [4.78, 5) is 1.90. The van der Waals surface area contributed by atoms with E-state index in [0.717, 1.165) is 6.07 Å². The first-order chi connectivity index (χ1) is 8.36. The number of benzene rings is 1. The van der Waals surface area contributed by atoms with E-state index in [-0.39, 0.29) is 6.10 Å². The van der Waals surface area contributed by atoms with Gasteiger partial charge in [0, 0.05) is 18.8 Å². The number of nitrogens with zero attached hydrogens (tertiary/aromatic N) is 1. The van der Waals surface area contributed by atoms with Gasteiger partial charge in [-0.3, -0.25) is 0 Å². The van der Waals surface area contributed by atoms with Gasteiger partial charge in [0.05, 0.1) is 11.7 Å². The second-order valence-electron chi connectivity index (χ2n) is 4.77. The minimum Gasteiger partial charge on any atom is -0.393 e. The summed E-state index contributed by atoms with van der Waals surface area (Å²) in [6, 6.07) is 4.10. The Balaban J connectivity index is 2.25. The van der Waals surface area contributed by atoms with Crippen LogP contribution in [0.2, 0.25) is 0 Å². The van der Waals surface area contributed by atoms with Crippen LogP contribution in [-0.2, 0) is 6.18 Å². The Bertz CT molecular complexity index is 423. The van der Waals surface area contributed by atoms with Crippen LogP contribution in [0, 0.1) is 6.92 Å². The number of alkyl halides is 3. The summed E-state index contributed by atoms with van der Waals surface area (Å²) in [5.41, 5.74) is 0.587. The summed E-state index contributed by atoms with van der Waals surface area (Å²) in [6.45, 7) is 2.86. The molecule has 0 aliphatic carbocycles. The van der Waals surface area contributed by atoms with Gasteiger partial charge in [-0.1, -0.05) is 0 Å². The standard InChI is InChI=1S/C13H16F3NO/c1-9-6-10(13(14,15)16)8-11(7-9)17-4-2-12(18)3-5-17/h6-8,12,18H,2-5H2,1H3. The summed E-state index contributed by atoms with van der Waals surface area (Å²) in [5.74, 6) is 0. The SMILES string of the molecule is Cc1cc(N2CCC(O)CC2)cc(C(F)(F)F)c1. The Morgan fingerprint density at radius 1 is 1.17 bits per heavy atom. The average molecular weight is 259 g/mol. The van der Waals surface area contributed by atoms with Crippen molar-refractivity contribution >= 4 is 5.69 Å². The third-order valence-corrected chi connectivity index (χ3v) is 3.22. The van der Waals surface area contributed by atoms with Gasteiger partial charge >= 0.3 is 6.18 Å². The van der Waals surface area contributed by atoms with E-state index in [1.54, 1.807) is 13.0 Å². The zero-order chi connectivity index (χ0) is 13.3. The molecule has 0 radical (unpaired) electrons. The van der Waals surface area contributed by atoms with E-state index in [4.69, 9.17) is 0 Å². The Hall–Kier alpha value is -1.23. The predicted molar refractivity (Wildman–Crippen MR) is 63.6 cm³/mol. The maximum Gasteiger partial charge on any atom is 0.416 e. The first-order valence-electron chi connectivity index (χ1n) is 5.98. The van der Waals surface area contributed by atoms with Crippen LogP contribution >= 0.6 is 0 Å². The molecule has 0 unspecified atom stereocenters. The van der Waals surface area contributed by atoms with Gasteiger partial charge in [0.1, 0.15) is 0 Å². The highest BCUT2D eigenvalue weighted by Gasteiger charge is 2.31. The lowest BCUT2D eigenvalue weighted by Crippen LogP contribution is -2.35. The molecule has 0 saturated carbocycles. The van der Waals surface area contributed by atoms with Gasteiger partial charge in [0.15, 0.2) is 0 Å². The Morgan fingerprint density at radius 2 is 1.78 bits per heavy atom. The van der Waals surface area contributed by atoms with E-state index < -0.39 is 11.7 Å². The maximum absolute atomic E-state index is 12.7. The smallest absolute Gasteiger partial charge is 0.393 e. The molecule has 0 amide bonds. The minimum absolute atomic E-state index is 0.326. The van der Waals surface area contributed by atoms with Crippen LogP contribution in [0.25, 0.3) is 0 Å². The molecule has 1 aromatic carbocycles. The normalized spacial score (nSPS) is 18.2. The molecule has 0 spiro atoms. The van der Waals surface area contributed by atoms with E-state index in [0.29, 0.717) is 37.2 Å². The molecule has 1 aromatic rings. The third-order valence-electron chi connectivity index (χ3n) is 3.22. The number of aryl methyl sites for hydroxylation is 1. The molecule has 2 rings (SSSR count). The molecule has 1 N–H and O–H groups in total. The van der Waals surface area contributed by atoms with Crippen molar-refractivity contribution in [1.29, 1.82) is 0 Å². The molecule has 1 saturated heterocycles. The zero-order valence-electron chi connectivity index (χ0n) is 10.2. The lowest BCUT2D eigenvalue weighted by atomic mass is 10.0. The largest absolute Gasteiger partial charge is 0.416 e. The molecule has 1 heterocycles. The number of anilines is 1. The van der Waals surface area contributed by atoms with Crippen molar-refractivity contribution in [2.75, 3.05) is 18.0 Å². The van der Waals surface area contributed by atoms with Crippen LogP contribution in [0.5, 0.6) is 0 Å². The molecule has 100 valence electrons. The fourth-order valence-corrected chi connectivity index (χ4v) is 2.23. The summed E-state index contributed by atoms with van der Waals surface area (Å²) in [5, 5.41) is 9.41. The highest BCUT2D eigenvalue weighted by Crippen LogP contribution is 2.33. The Morgan fingerprint density at radius 3 is 2.33 bits per heavy atom. The van der Waals surface area contributed by atoms with Gasteiger partial charge in [-0.15, -0.1) is 0 Å². The lowest BCUT2D eigenvalue weighted by molar-refractivity contribution is -0.137. The number of halogens is 3. The molecule has 0 atom stereocenters. The van der Waals surface area contributed by atoms with Gasteiger partial charge in [0.25, 0.3) is 0 Å². The first-order valence-corrected chi connectivity index (χ1v) is 5.98. The average Bonchev–Trinajstić information content (AvgIpc) is 2.28. The second-order valence-corrected chi connectivity index (χ2v) is 4.77. The number of rotatable bonds is 1. The van der Waals surface area contributed by atoms with Crippen LogP contribution in [0.3, 0.4) is 0 Å². The van der Waals surface area contributed by atoms with E-state index in [1.807, 2.05) is 4.90 Å². The summed E-state index contributed by atoms with van der Waals surface area (Å²) in [7, 11) is 0. The van der Waals surface area contributed by atoms with Crippen LogP contribution in [0.4, 0.5) is 18.9 Å². The van der Waals surface area contributed by atoms with Gasteiger partial charge in [-0.05, 0) is 43.5 Å². The molecule has 0 bridgehead atoms. The Kier molecular flexibility index (Phi) is 3.52. The van der Waals surface area contributed by atoms with Crippen molar-refractivity contribution in [3.05, 3.63) is 29.3 Å². The number of aliphatic hydroxyl groups is 1. The molecular formula is C13H16F3NO. The van der Waals surface area contributed by atoms with E-state index in [9.17, 15) is 18.3 Å². The first kappa shape index (κ1) is 13.2. The molecular weight excluding hydrogens is 243 g/mol. The van der Waals surface area contributed by atoms with E-state index in [1.165, 1.54) is 6.07 Å². The number of piperidine rings is 1. The monoisotopic (exact) mass is 259 g/mol. The summed E-state index contributed by atoms with van der Waals surface area (Å²) in [6.07, 6.45) is -3.42. The molecule has 1 fully saturated rings. The molecule has 2 nitrogen and oxygen atoms in total. The fourth-order valence-electron chi connectivity index (χ4n) is 2.23. The molecule has 5 heteroatoms. The predicted octanol–water partition coefficient (Wildman–Crippen LogP) is 2.97. The van der Waals surface area contributed by atoms with E-state index >= 15 is 0 Å². The van der Waals surface area contributed by atoms with Crippen molar-refractivity contribution < 1.29 is 18.3 Å². The van der Waals surface area contributed by atoms with Gasteiger partial charge in [-0.25, -0.2) is 0 Å². The number of aliphatic hydroxyl groups excluding tert-OH is 1. The molecule has 0 aromatic heterocycles. The zero-order valence-corrected chi connectivity index (χ0v) is 10.2. The van der Waals surface area contributed by atoms with Crippen LogP contribution < -0.4 is 4.90 Å². The highest BCUT2D eigenvalue weighted by atomic mass is 19.4. The highest BCUT2D eigenvalue weighted by molar-refractivity contribution is 5.52. The third kappa shape index (κ3) is 2.96. The quantitative estimate of drug-likeness (QED) is 0.838. The molecule has 1 aliphatic rings. The number of hydrogen-bond acceptors (Lipinski definition) is 2. The number of hydrogen-bond donors (Lipinski definition) is 1. The van der Waals surface area contributed by atoms with Crippen molar-refractivity contribution in [2.45, 2.75) is 32.0 Å². The minimum atomic E-state index is -4.31. The van der Waals surface area contributed by atoms with Crippen LogP contribution in [-0.4, -0.2) is 24.3 Å². The van der Waals surface area contributed by atoms with E-state index in [2.05, 4.69) is 0 Å². The van der Waals surface area contributed by atoms with Gasteiger partial charge < -0.3 is 10.0 Å². The fraction of sp³-hybridized carbons (Fsp3) is 0.538.